The monoisotopic (exact) mass is 357 g/mol. The molecule has 120 valence electrons. The van der Waals surface area contributed by atoms with Gasteiger partial charge in [-0.2, -0.15) is 0 Å². The van der Waals surface area contributed by atoms with Gasteiger partial charge in [-0.3, -0.25) is 4.79 Å². The number of anilines is 1. The second-order valence-corrected chi connectivity index (χ2v) is 6.95. The molecule has 5 nitrogen and oxygen atoms in total. The Hall–Kier alpha value is -2.44. The number of nitrogens with one attached hydrogen (secondary N) is 1. The molecule has 0 spiro atoms. The van der Waals surface area contributed by atoms with Crippen molar-refractivity contribution in [1.29, 1.82) is 0 Å². The van der Waals surface area contributed by atoms with E-state index < -0.39 is 0 Å². The van der Waals surface area contributed by atoms with Crippen LogP contribution in [0.3, 0.4) is 0 Å². The normalized spacial score (nSPS) is 11.2. The van der Waals surface area contributed by atoms with Crippen molar-refractivity contribution >= 4 is 55.2 Å². The zero-order valence-corrected chi connectivity index (χ0v) is 14.2. The number of aromatic nitrogens is 2. The second-order valence-electron chi connectivity index (χ2n) is 5.48. The number of aryl methyl sites for hydroxylation is 1. The minimum absolute atomic E-state index is 0.132. The Morgan fingerprint density at radius 2 is 2.17 bits per heavy atom. The van der Waals surface area contributed by atoms with Crippen molar-refractivity contribution in [3.8, 4) is 0 Å². The number of fused-ring (bicyclic) bond motifs is 2. The van der Waals surface area contributed by atoms with Gasteiger partial charge in [-0.25, -0.2) is 4.98 Å². The quantitative estimate of drug-likeness (QED) is 0.582. The summed E-state index contributed by atoms with van der Waals surface area (Å²) in [5, 5.41) is 8.87. The maximum atomic E-state index is 12.3. The molecule has 0 saturated heterocycles. The number of amides is 1. The predicted molar refractivity (Wildman–Crippen MR) is 95.7 cm³/mol. The molecule has 1 amide bonds. The zero-order chi connectivity index (χ0) is 16.7. The molecule has 4 rings (SSSR count). The second kappa shape index (κ2) is 5.89. The summed E-state index contributed by atoms with van der Waals surface area (Å²) in [5.41, 5.74) is 3.20. The van der Waals surface area contributed by atoms with Gasteiger partial charge in [0.15, 0.2) is 10.7 Å². The van der Waals surface area contributed by atoms with Crippen molar-refractivity contribution in [3.05, 3.63) is 52.7 Å². The molecule has 0 aliphatic rings. The van der Waals surface area contributed by atoms with Gasteiger partial charge in [0.1, 0.15) is 5.69 Å². The van der Waals surface area contributed by atoms with E-state index in [1.54, 1.807) is 6.07 Å². The Bertz CT molecular complexity index is 1070. The van der Waals surface area contributed by atoms with E-state index in [0.29, 0.717) is 21.4 Å². The third-order valence-electron chi connectivity index (χ3n) is 3.62. The number of thiazole rings is 1. The average molecular weight is 358 g/mol. The highest BCUT2D eigenvalue weighted by Gasteiger charge is 2.14. The summed E-state index contributed by atoms with van der Waals surface area (Å²) in [7, 11) is 0. The van der Waals surface area contributed by atoms with Crippen LogP contribution in [0.25, 0.3) is 21.2 Å². The molecule has 0 atom stereocenters. The molecule has 2 aromatic heterocycles. The van der Waals surface area contributed by atoms with Gasteiger partial charge in [0.25, 0.3) is 0 Å². The minimum Gasteiger partial charge on any atom is -0.356 e. The van der Waals surface area contributed by atoms with Gasteiger partial charge in [-0.15, -0.1) is 0 Å². The molecule has 0 saturated carbocycles. The maximum Gasteiger partial charge on any atom is 0.232 e. The lowest BCUT2D eigenvalue weighted by atomic mass is 10.1. The molecular weight excluding hydrogens is 346 g/mol. The largest absolute Gasteiger partial charge is 0.356 e. The van der Waals surface area contributed by atoms with E-state index in [-0.39, 0.29) is 12.3 Å². The highest BCUT2D eigenvalue weighted by atomic mass is 35.5. The van der Waals surface area contributed by atoms with Gasteiger partial charge in [-0.1, -0.05) is 39.7 Å². The lowest BCUT2D eigenvalue weighted by molar-refractivity contribution is -0.115. The standard InChI is InChI=1S/C17H12ClN3O2S/c1-9-2-5-14-11(6-9)13(21-23-14)8-16(22)20-17-19-12-4-3-10(18)7-15(12)24-17/h2-7H,8H2,1H3,(H,19,20,22). The SMILES string of the molecule is Cc1ccc2onc(CC(=O)Nc3nc4ccc(Cl)cc4s3)c2c1. The predicted octanol–water partition coefficient (Wildman–Crippen LogP) is 4.58. The van der Waals surface area contributed by atoms with E-state index in [0.717, 1.165) is 21.2 Å². The van der Waals surface area contributed by atoms with Crippen LogP contribution in [0.4, 0.5) is 5.13 Å². The van der Waals surface area contributed by atoms with E-state index in [1.807, 2.05) is 37.3 Å². The Balaban J connectivity index is 1.55. The summed E-state index contributed by atoms with van der Waals surface area (Å²) in [6.07, 6.45) is 0.132. The molecule has 0 unspecified atom stereocenters. The Morgan fingerprint density at radius 3 is 3.04 bits per heavy atom. The van der Waals surface area contributed by atoms with Gasteiger partial charge in [0.05, 0.1) is 16.6 Å². The molecular formula is C17H12ClN3O2S. The fraction of sp³-hybridized carbons (Fsp3) is 0.118. The molecule has 0 aliphatic heterocycles. The molecule has 1 N–H and O–H groups in total. The van der Waals surface area contributed by atoms with Crippen LogP contribution in [-0.2, 0) is 11.2 Å². The molecule has 2 aromatic carbocycles. The molecule has 0 bridgehead atoms. The van der Waals surface area contributed by atoms with Crippen molar-refractivity contribution in [2.24, 2.45) is 0 Å². The van der Waals surface area contributed by atoms with Gasteiger partial charge >= 0.3 is 0 Å². The van der Waals surface area contributed by atoms with E-state index in [1.165, 1.54) is 11.3 Å². The third-order valence-corrected chi connectivity index (χ3v) is 4.79. The summed E-state index contributed by atoms with van der Waals surface area (Å²) in [6.45, 7) is 1.99. The fourth-order valence-electron chi connectivity index (χ4n) is 2.50. The molecule has 4 aromatic rings. The zero-order valence-electron chi connectivity index (χ0n) is 12.7. The highest BCUT2D eigenvalue weighted by Crippen LogP contribution is 2.28. The first-order valence-corrected chi connectivity index (χ1v) is 8.49. The van der Waals surface area contributed by atoms with Crippen LogP contribution in [0.5, 0.6) is 0 Å². The van der Waals surface area contributed by atoms with Crippen LogP contribution in [0, 0.1) is 6.92 Å². The molecule has 2 heterocycles. The van der Waals surface area contributed by atoms with Gasteiger partial charge in [-0.05, 0) is 37.3 Å². The fourth-order valence-corrected chi connectivity index (χ4v) is 3.66. The number of benzene rings is 2. The number of halogens is 1. The average Bonchev–Trinajstić information content (AvgIpc) is 3.10. The van der Waals surface area contributed by atoms with Gasteiger partial charge < -0.3 is 9.84 Å². The first kappa shape index (κ1) is 15.1. The molecule has 24 heavy (non-hydrogen) atoms. The van der Waals surface area contributed by atoms with E-state index in [2.05, 4.69) is 15.5 Å². The lowest BCUT2D eigenvalue weighted by Crippen LogP contribution is -2.14. The van der Waals surface area contributed by atoms with Crippen LogP contribution in [0.2, 0.25) is 5.02 Å². The van der Waals surface area contributed by atoms with Gasteiger partial charge in [0, 0.05) is 10.4 Å². The van der Waals surface area contributed by atoms with Crippen LogP contribution in [0.15, 0.2) is 40.9 Å². The summed E-state index contributed by atoms with van der Waals surface area (Å²) in [6, 6.07) is 11.2. The summed E-state index contributed by atoms with van der Waals surface area (Å²) >= 11 is 7.36. The smallest absolute Gasteiger partial charge is 0.232 e. The van der Waals surface area contributed by atoms with E-state index >= 15 is 0 Å². The number of nitrogens with zero attached hydrogens (tertiary/aromatic N) is 2. The summed E-state index contributed by atoms with van der Waals surface area (Å²) in [4.78, 5) is 16.7. The Kier molecular flexibility index (Phi) is 3.70. The van der Waals surface area contributed by atoms with Crippen molar-refractivity contribution < 1.29 is 9.32 Å². The lowest BCUT2D eigenvalue weighted by Gasteiger charge is -1.99. The first-order chi connectivity index (χ1) is 11.6. The number of carbonyl (C=O) groups excluding carboxylic acids is 1. The van der Waals surface area contributed by atoms with Crippen LogP contribution in [-0.4, -0.2) is 16.0 Å². The number of hydrogen-bond acceptors (Lipinski definition) is 5. The Morgan fingerprint density at radius 1 is 1.29 bits per heavy atom. The van der Waals surface area contributed by atoms with Crippen LogP contribution < -0.4 is 5.32 Å². The van der Waals surface area contributed by atoms with E-state index in [4.69, 9.17) is 16.1 Å². The molecule has 0 radical (unpaired) electrons. The summed E-state index contributed by atoms with van der Waals surface area (Å²) < 4.78 is 6.19. The maximum absolute atomic E-state index is 12.3. The Labute approximate surface area is 146 Å². The highest BCUT2D eigenvalue weighted by molar-refractivity contribution is 7.22. The van der Waals surface area contributed by atoms with Crippen LogP contribution >= 0.6 is 22.9 Å². The number of rotatable bonds is 3. The minimum atomic E-state index is -0.183. The van der Waals surface area contributed by atoms with Crippen molar-refractivity contribution in [1.82, 2.24) is 10.1 Å². The topological polar surface area (TPSA) is 68.0 Å². The number of hydrogen-bond donors (Lipinski definition) is 1. The molecule has 0 aliphatic carbocycles. The van der Waals surface area contributed by atoms with Crippen LogP contribution in [0.1, 0.15) is 11.3 Å². The van der Waals surface area contributed by atoms with E-state index in [9.17, 15) is 4.79 Å². The van der Waals surface area contributed by atoms with Crippen molar-refractivity contribution in [2.75, 3.05) is 5.32 Å². The first-order valence-electron chi connectivity index (χ1n) is 7.29. The molecule has 7 heteroatoms. The van der Waals surface area contributed by atoms with Gasteiger partial charge in [0.2, 0.25) is 5.91 Å². The third kappa shape index (κ3) is 2.86. The van der Waals surface area contributed by atoms with Crippen molar-refractivity contribution in [3.63, 3.8) is 0 Å². The molecule has 0 fully saturated rings. The van der Waals surface area contributed by atoms with Crippen molar-refractivity contribution in [2.45, 2.75) is 13.3 Å². The number of carbonyl (C=O) groups is 1. The summed E-state index contributed by atoms with van der Waals surface area (Å²) in [5.74, 6) is -0.183.